The summed E-state index contributed by atoms with van der Waals surface area (Å²) in [4.78, 5) is 24.6. The Morgan fingerprint density at radius 3 is 2.23 bits per heavy atom. The fourth-order valence-electron chi connectivity index (χ4n) is 1.74. The highest BCUT2D eigenvalue weighted by Gasteiger charge is 2.36. The molecule has 122 valence electrons. The monoisotopic (exact) mass is 308 g/mol. The lowest BCUT2D eigenvalue weighted by atomic mass is 9.90. The molecular weight excluding hydrogens is 284 g/mol. The van der Waals surface area contributed by atoms with Crippen LogP contribution in [0.5, 0.6) is 11.5 Å². The molecule has 0 bridgehead atoms. The van der Waals surface area contributed by atoms with Crippen molar-refractivity contribution in [3.8, 4) is 11.5 Å². The first-order chi connectivity index (χ1) is 10.2. The Kier molecular flexibility index (Phi) is 5.79. The van der Waals surface area contributed by atoms with E-state index in [2.05, 4.69) is 10.6 Å². The number of amides is 2. The van der Waals surface area contributed by atoms with Gasteiger partial charge in [0.05, 0.1) is 19.9 Å². The molecule has 1 rings (SSSR count). The van der Waals surface area contributed by atoms with E-state index >= 15 is 0 Å². The van der Waals surface area contributed by atoms with E-state index in [0.717, 1.165) is 0 Å². The van der Waals surface area contributed by atoms with Crippen molar-refractivity contribution in [1.29, 1.82) is 0 Å². The van der Waals surface area contributed by atoms with Crippen LogP contribution >= 0.6 is 0 Å². The van der Waals surface area contributed by atoms with Crippen molar-refractivity contribution < 1.29 is 19.1 Å². The number of benzene rings is 1. The molecule has 2 N–H and O–H groups in total. The summed E-state index contributed by atoms with van der Waals surface area (Å²) in [6.07, 6.45) is 0. The van der Waals surface area contributed by atoms with Crippen LogP contribution < -0.4 is 20.1 Å². The molecule has 0 aliphatic carbocycles. The van der Waals surface area contributed by atoms with Crippen molar-refractivity contribution >= 4 is 17.5 Å². The zero-order valence-corrected chi connectivity index (χ0v) is 13.9. The smallest absolute Gasteiger partial charge is 0.239 e. The normalized spacial score (nSPS) is 11.0. The van der Waals surface area contributed by atoms with Gasteiger partial charge in [-0.2, -0.15) is 0 Å². The first-order valence-corrected chi connectivity index (χ1v) is 7.06. The Morgan fingerprint density at radius 2 is 1.73 bits per heavy atom. The lowest BCUT2D eigenvalue weighted by Gasteiger charge is -2.24. The SMILES string of the molecule is COc1ccc(OC)c(NC(=O)C(C)(C)C(=O)NC(C)C)c1. The summed E-state index contributed by atoms with van der Waals surface area (Å²) >= 11 is 0. The molecule has 22 heavy (non-hydrogen) atoms. The maximum Gasteiger partial charge on any atom is 0.239 e. The van der Waals surface area contributed by atoms with Gasteiger partial charge in [0.25, 0.3) is 0 Å². The summed E-state index contributed by atoms with van der Waals surface area (Å²) in [6.45, 7) is 6.84. The molecule has 0 aromatic heterocycles. The Hall–Kier alpha value is -2.24. The summed E-state index contributed by atoms with van der Waals surface area (Å²) in [6, 6.07) is 5.03. The van der Waals surface area contributed by atoms with Crippen LogP contribution in [0.1, 0.15) is 27.7 Å². The summed E-state index contributed by atoms with van der Waals surface area (Å²) in [5.74, 6) is 0.328. The minimum Gasteiger partial charge on any atom is -0.497 e. The molecule has 6 nitrogen and oxygen atoms in total. The van der Waals surface area contributed by atoms with Crippen LogP contribution in [-0.4, -0.2) is 32.1 Å². The average molecular weight is 308 g/mol. The highest BCUT2D eigenvalue weighted by Crippen LogP contribution is 2.30. The lowest BCUT2D eigenvalue weighted by molar-refractivity contribution is -0.138. The van der Waals surface area contributed by atoms with Crippen molar-refractivity contribution in [3.63, 3.8) is 0 Å². The Morgan fingerprint density at radius 1 is 1.09 bits per heavy atom. The Labute approximate surface area is 131 Å². The molecule has 6 heteroatoms. The van der Waals surface area contributed by atoms with Gasteiger partial charge >= 0.3 is 0 Å². The number of hydrogen-bond donors (Lipinski definition) is 2. The maximum absolute atomic E-state index is 12.5. The van der Waals surface area contributed by atoms with Crippen molar-refractivity contribution in [2.24, 2.45) is 5.41 Å². The summed E-state index contributed by atoms with van der Waals surface area (Å²) in [5.41, 5.74) is -0.754. The summed E-state index contributed by atoms with van der Waals surface area (Å²) in [5, 5.41) is 5.47. The van der Waals surface area contributed by atoms with Gasteiger partial charge in [0.2, 0.25) is 11.8 Å². The predicted octanol–water partition coefficient (Wildman–Crippen LogP) is 2.19. The first-order valence-electron chi connectivity index (χ1n) is 7.06. The van der Waals surface area contributed by atoms with E-state index in [4.69, 9.17) is 9.47 Å². The predicted molar refractivity (Wildman–Crippen MR) is 85.2 cm³/mol. The highest BCUT2D eigenvalue weighted by molar-refractivity contribution is 6.10. The molecule has 1 aromatic rings. The van der Waals surface area contributed by atoms with E-state index in [1.165, 1.54) is 14.2 Å². The second-order valence-corrected chi connectivity index (χ2v) is 5.77. The maximum atomic E-state index is 12.5. The number of carbonyl (C=O) groups excluding carboxylic acids is 2. The summed E-state index contributed by atoms with van der Waals surface area (Å²) in [7, 11) is 3.04. The third kappa shape index (κ3) is 4.13. The number of hydrogen-bond acceptors (Lipinski definition) is 4. The van der Waals surface area contributed by atoms with Gasteiger partial charge in [0.15, 0.2) is 0 Å². The minimum atomic E-state index is -1.21. The van der Waals surface area contributed by atoms with Gasteiger partial charge < -0.3 is 20.1 Å². The van der Waals surface area contributed by atoms with Crippen molar-refractivity contribution in [1.82, 2.24) is 5.32 Å². The molecular formula is C16H24N2O4. The number of methoxy groups -OCH3 is 2. The van der Waals surface area contributed by atoms with Crippen LogP contribution in [0, 0.1) is 5.41 Å². The molecule has 0 aliphatic rings. The molecule has 0 saturated carbocycles. The third-order valence-electron chi connectivity index (χ3n) is 3.21. The van der Waals surface area contributed by atoms with E-state index in [1.807, 2.05) is 13.8 Å². The Balaban J connectivity index is 2.98. The van der Waals surface area contributed by atoms with Crippen LogP contribution in [0.15, 0.2) is 18.2 Å². The van der Waals surface area contributed by atoms with Crippen LogP contribution in [0.4, 0.5) is 5.69 Å². The van der Waals surface area contributed by atoms with Gasteiger partial charge in [-0.3, -0.25) is 9.59 Å². The van der Waals surface area contributed by atoms with Gasteiger partial charge in [-0.25, -0.2) is 0 Å². The molecule has 0 saturated heterocycles. The van der Waals surface area contributed by atoms with Crippen LogP contribution in [0.2, 0.25) is 0 Å². The number of nitrogens with one attached hydrogen (secondary N) is 2. The Bertz CT molecular complexity index is 553. The van der Waals surface area contributed by atoms with E-state index in [9.17, 15) is 9.59 Å². The molecule has 2 amide bonds. The van der Waals surface area contributed by atoms with Gasteiger partial charge in [-0.05, 0) is 39.8 Å². The van der Waals surface area contributed by atoms with Gasteiger partial charge in [-0.1, -0.05) is 0 Å². The van der Waals surface area contributed by atoms with Gasteiger partial charge in [0, 0.05) is 12.1 Å². The molecule has 0 unspecified atom stereocenters. The van der Waals surface area contributed by atoms with Crippen molar-refractivity contribution in [2.75, 3.05) is 19.5 Å². The van der Waals surface area contributed by atoms with E-state index < -0.39 is 11.3 Å². The fourth-order valence-corrected chi connectivity index (χ4v) is 1.74. The van der Waals surface area contributed by atoms with Crippen LogP contribution in [-0.2, 0) is 9.59 Å². The quantitative estimate of drug-likeness (QED) is 0.790. The van der Waals surface area contributed by atoms with E-state index in [0.29, 0.717) is 17.2 Å². The van der Waals surface area contributed by atoms with E-state index in [1.54, 1.807) is 32.0 Å². The first kappa shape index (κ1) is 17.8. The zero-order valence-electron chi connectivity index (χ0n) is 13.9. The second kappa shape index (κ2) is 7.15. The molecule has 0 atom stereocenters. The number of ether oxygens (including phenoxy) is 2. The van der Waals surface area contributed by atoms with Crippen LogP contribution in [0.25, 0.3) is 0 Å². The molecule has 0 heterocycles. The van der Waals surface area contributed by atoms with Gasteiger partial charge in [-0.15, -0.1) is 0 Å². The topological polar surface area (TPSA) is 76.7 Å². The minimum absolute atomic E-state index is 0.0362. The third-order valence-corrected chi connectivity index (χ3v) is 3.21. The standard InChI is InChI=1S/C16H24N2O4/c1-10(2)17-14(19)16(3,4)15(20)18-12-9-11(21-5)7-8-13(12)22-6/h7-10H,1-6H3,(H,17,19)(H,18,20). The second-order valence-electron chi connectivity index (χ2n) is 5.77. The zero-order chi connectivity index (χ0) is 16.9. The molecule has 1 aromatic carbocycles. The number of rotatable bonds is 6. The molecule has 0 aliphatic heterocycles. The van der Waals surface area contributed by atoms with Crippen LogP contribution in [0.3, 0.4) is 0 Å². The summed E-state index contributed by atoms with van der Waals surface area (Å²) < 4.78 is 10.3. The van der Waals surface area contributed by atoms with Gasteiger partial charge in [0.1, 0.15) is 16.9 Å². The number of anilines is 1. The van der Waals surface area contributed by atoms with Crippen molar-refractivity contribution in [3.05, 3.63) is 18.2 Å². The van der Waals surface area contributed by atoms with E-state index in [-0.39, 0.29) is 11.9 Å². The highest BCUT2D eigenvalue weighted by atomic mass is 16.5. The lowest BCUT2D eigenvalue weighted by Crippen LogP contribution is -2.47. The largest absolute Gasteiger partial charge is 0.497 e. The molecule has 0 fully saturated rings. The molecule has 0 spiro atoms. The average Bonchev–Trinajstić information content (AvgIpc) is 2.46. The molecule has 0 radical (unpaired) electrons. The number of carbonyl (C=O) groups is 2. The fraction of sp³-hybridized carbons (Fsp3) is 0.500. The van der Waals surface area contributed by atoms with Crippen molar-refractivity contribution in [2.45, 2.75) is 33.7 Å².